The first-order valence-corrected chi connectivity index (χ1v) is 7.71. The predicted octanol–water partition coefficient (Wildman–Crippen LogP) is 2.79. The van der Waals surface area contributed by atoms with Gasteiger partial charge in [0.25, 0.3) is 5.91 Å². The van der Waals surface area contributed by atoms with Gasteiger partial charge < -0.3 is 10.0 Å². The van der Waals surface area contributed by atoms with Gasteiger partial charge in [-0.2, -0.15) is 0 Å². The van der Waals surface area contributed by atoms with E-state index < -0.39 is 11.4 Å². The minimum Gasteiger partial charge on any atom is -0.481 e. The fourth-order valence-corrected chi connectivity index (χ4v) is 3.09. The van der Waals surface area contributed by atoms with E-state index in [0.29, 0.717) is 24.2 Å². The average Bonchev–Trinajstić information content (AvgIpc) is 2.90. The Balaban J connectivity index is 1.95. The van der Waals surface area contributed by atoms with Gasteiger partial charge in [-0.15, -0.1) is 0 Å². The Labute approximate surface area is 134 Å². The summed E-state index contributed by atoms with van der Waals surface area (Å²) in [5.74, 6) is -0.986. The Morgan fingerprint density at radius 1 is 1.26 bits per heavy atom. The number of aliphatic carboxylic acids is 1. The number of hydrogen-bond acceptors (Lipinski definition) is 3. The zero-order valence-corrected chi connectivity index (χ0v) is 13.6. The van der Waals surface area contributed by atoms with Crippen LogP contribution >= 0.6 is 0 Å². The van der Waals surface area contributed by atoms with Crippen molar-refractivity contribution in [2.45, 2.75) is 27.2 Å². The van der Waals surface area contributed by atoms with Crippen molar-refractivity contribution in [2.24, 2.45) is 5.41 Å². The number of aryl methyl sites for hydroxylation is 2. The number of benzene rings is 1. The molecule has 0 saturated carbocycles. The maximum Gasteiger partial charge on any atom is 0.311 e. The lowest BCUT2D eigenvalue weighted by molar-refractivity contribution is -0.147. The van der Waals surface area contributed by atoms with E-state index in [2.05, 4.69) is 4.98 Å². The molecule has 1 amide bonds. The minimum absolute atomic E-state index is 0.136. The number of nitrogens with zero attached hydrogens (tertiary/aromatic N) is 2. The summed E-state index contributed by atoms with van der Waals surface area (Å²) in [7, 11) is 0. The van der Waals surface area contributed by atoms with E-state index in [1.165, 1.54) is 0 Å². The van der Waals surface area contributed by atoms with Crippen molar-refractivity contribution in [1.29, 1.82) is 0 Å². The third-order valence-corrected chi connectivity index (χ3v) is 4.67. The molecule has 1 unspecified atom stereocenters. The summed E-state index contributed by atoms with van der Waals surface area (Å²) >= 11 is 0. The highest BCUT2D eigenvalue weighted by Gasteiger charge is 2.42. The number of carbonyl (C=O) groups is 2. The minimum atomic E-state index is -0.857. The number of rotatable bonds is 2. The maximum absolute atomic E-state index is 12.8. The molecule has 1 aliphatic heterocycles. The lowest BCUT2D eigenvalue weighted by Gasteiger charge is -2.21. The Hall–Kier alpha value is -2.43. The summed E-state index contributed by atoms with van der Waals surface area (Å²) in [6.07, 6.45) is 0.479. The first-order chi connectivity index (χ1) is 10.8. The smallest absolute Gasteiger partial charge is 0.311 e. The van der Waals surface area contributed by atoms with E-state index in [-0.39, 0.29) is 12.5 Å². The molecule has 1 atom stereocenters. The Morgan fingerprint density at radius 3 is 2.65 bits per heavy atom. The maximum atomic E-state index is 12.8. The molecule has 120 valence electrons. The molecule has 1 aromatic carbocycles. The summed E-state index contributed by atoms with van der Waals surface area (Å²) < 4.78 is 0. The zero-order chi connectivity index (χ0) is 16.8. The monoisotopic (exact) mass is 312 g/mol. The molecule has 1 N–H and O–H groups in total. The van der Waals surface area contributed by atoms with Gasteiger partial charge in [0.05, 0.1) is 22.2 Å². The van der Waals surface area contributed by atoms with Crippen LogP contribution in [0.4, 0.5) is 0 Å². The van der Waals surface area contributed by atoms with Crippen molar-refractivity contribution in [1.82, 2.24) is 9.88 Å². The molecule has 5 heteroatoms. The molecule has 2 heterocycles. The van der Waals surface area contributed by atoms with Crippen molar-refractivity contribution in [3.05, 3.63) is 41.1 Å². The average molecular weight is 312 g/mol. The van der Waals surface area contributed by atoms with Gasteiger partial charge in [-0.05, 0) is 45.4 Å². The quantitative estimate of drug-likeness (QED) is 0.925. The highest BCUT2D eigenvalue weighted by atomic mass is 16.4. The largest absolute Gasteiger partial charge is 0.481 e. The third kappa shape index (κ3) is 2.67. The number of amides is 1. The van der Waals surface area contributed by atoms with E-state index in [9.17, 15) is 14.7 Å². The number of carboxylic acids is 1. The molecule has 0 radical (unpaired) electrons. The van der Waals surface area contributed by atoms with Crippen molar-refractivity contribution in [3.8, 4) is 0 Å². The molecule has 0 aliphatic carbocycles. The van der Waals surface area contributed by atoms with E-state index in [1.807, 2.05) is 38.1 Å². The fourth-order valence-electron chi connectivity index (χ4n) is 3.09. The number of likely N-dealkylation sites (tertiary alicyclic amines) is 1. The second kappa shape index (κ2) is 5.33. The van der Waals surface area contributed by atoms with Crippen LogP contribution in [0.5, 0.6) is 0 Å². The van der Waals surface area contributed by atoms with Gasteiger partial charge in [-0.1, -0.05) is 11.6 Å². The summed E-state index contributed by atoms with van der Waals surface area (Å²) in [6, 6.07) is 7.81. The van der Waals surface area contributed by atoms with Crippen molar-refractivity contribution in [2.75, 3.05) is 13.1 Å². The molecule has 1 fully saturated rings. The van der Waals surface area contributed by atoms with Crippen LogP contribution in [0.15, 0.2) is 24.3 Å². The third-order valence-electron chi connectivity index (χ3n) is 4.67. The van der Waals surface area contributed by atoms with Crippen LogP contribution < -0.4 is 0 Å². The first kappa shape index (κ1) is 15.5. The van der Waals surface area contributed by atoms with Crippen LogP contribution in [0, 0.1) is 19.3 Å². The van der Waals surface area contributed by atoms with Crippen molar-refractivity contribution < 1.29 is 14.7 Å². The summed E-state index contributed by atoms with van der Waals surface area (Å²) in [5.41, 5.74) is 2.35. The molecule has 3 rings (SSSR count). The van der Waals surface area contributed by atoms with E-state index >= 15 is 0 Å². The van der Waals surface area contributed by atoms with E-state index in [0.717, 1.165) is 16.5 Å². The molecule has 2 aromatic rings. The topological polar surface area (TPSA) is 70.5 Å². The number of carbonyl (C=O) groups excluding carboxylic acids is 1. The fraction of sp³-hybridized carbons (Fsp3) is 0.389. The first-order valence-electron chi connectivity index (χ1n) is 7.71. The van der Waals surface area contributed by atoms with Crippen LogP contribution in [-0.2, 0) is 4.79 Å². The highest BCUT2D eigenvalue weighted by Crippen LogP contribution is 2.31. The number of carboxylic acid groups (broad SMARTS) is 1. The van der Waals surface area contributed by atoms with Gasteiger partial charge >= 0.3 is 5.97 Å². The molecular formula is C18H20N2O3. The predicted molar refractivity (Wildman–Crippen MR) is 87.5 cm³/mol. The van der Waals surface area contributed by atoms with Gasteiger partial charge in [-0.25, -0.2) is 0 Å². The Kier molecular flexibility index (Phi) is 3.59. The molecule has 1 aromatic heterocycles. The zero-order valence-electron chi connectivity index (χ0n) is 13.6. The Bertz CT molecular complexity index is 815. The van der Waals surface area contributed by atoms with E-state index in [4.69, 9.17) is 0 Å². The second-order valence-electron chi connectivity index (χ2n) is 6.66. The van der Waals surface area contributed by atoms with Crippen LogP contribution in [0.3, 0.4) is 0 Å². The van der Waals surface area contributed by atoms with Crippen LogP contribution in [-0.4, -0.2) is 40.0 Å². The van der Waals surface area contributed by atoms with Crippen LogP contribution in [0.1, 0.15) is 35.0 Å². The van der Waals surface area contributed by atoms with Gasteiger partial charge in [0.15, 0.2) is 0 Å². The molecule has 1 saturated heterocycles. The molecular weight excluding hydrogens is 292 g/mol. The SMILES string of the molecule is Cc1ccc2nc(C)c(C(=O)N3CCC(C)(C(=O)O)C3)cc2c1. The van der Waals surface area contributed by atoms with Crippen LogP contribution in [0.2, 0.25) is 0 Å². The number of hydrogen-bond donors (Lipinski definition) is 1. The number of aromatic nitrogens is 1. The normalized spacial score (nSPS) is 20.9. The molecule has 0 spiro atoms. The molecule has 23 heavy (non-hydrogen) atoms. The number of pyridine rings is 1. The summed E-state index contributed by atoms with van der Waals surface area (Å²) in [6.45, 7) is 6.22. The van der Waals surface area contributed by atoms with Crippen LogP contribution in [0.25, 0.3) is 10.9 Å². The van der Waals surface area contributed by atoms with Gasteiger partial charge in [0.1, 0.15) is 0 Å². The second-order valence-corrected chi connectivity index (χ2v) is 6.66. The highest BCUT2D eigenvalue weighted by molar-refractivity contribution is 5.99. The van der Waals surface area contributed by atoms with E-state index in [1.54, 1.807) is 11.8 Å². The van der Waals surface area contributed by atoms with Crippen molar-refractivity contribution in [3.63, 3.8) is 0 Å². The lowest BCUT2D eigenvalue weighted by Crippen LogP contribution is -2.35. The molecule has 0 bridgehead atoms. The summed E-state index contributed by atoms with van der Waals surface area (Å²) in [5, 5.41) is 10.2. The summed E-state index contributed by atoms with van der Waals surface area (Å²) in [4.78, 5) is 30.3. The Morgan fingerprint density at radius 2 is 2.00 bits per heavy atom. The lowest BCUT2D eigenvalue weighted by atomic mass is 9.90. The number of fused-ring (bicyclic) bond motifs is 1. The molecule has 1 aliphatic rings. The van der Waals surface area contributed by atoms with Gasteiger partial charge in [0, 0.05) is 18.5 Å². The molecule has 5 nitrogen and oxygen atoms in total. The van der Waals surface area contributed by atoms with Gasteiger partial charge in [-0.3, -0.25) is 14.6 Å². The standard InChI is InChI=1S/C18H20N2O3/c1-11-4-5-15-13(8-11)9-14(12(2)19-15)16(21)20-7-6-18(3,10-20)17(22)23/h4-5,8-9H,6-7,10H2,1-3H3,(H,22,23). The van der Waals surface area contributed by atoms with Gasteiger partial charge in [0.2, 0.25) is 0 Å². The van der Waals surface area contributed by atoms with Crippen molar-refractivity contribution >= 4 is 22.8 Å².